The Morgan fingerprint density at radius 3 is 2.52 bits per heavy atom. The molecule has 1 amide bonds. The highest BCUT2D eigenvalue weighted by Gasteiger charge is 2.21. The highest BCUT2D eigenvalue weighted by Crippen LogP contribution is 2.24. The van der Waals surface area contributed by atoms with Crippen molar-refractivity contribution in [1.82, 2.24) is 4.90 Å². The molecule has 3 rings (SSSR count). The molecule has 0 bridgehead atoms. The van der Waals surface area contributed by atoms with E-state index >= 15 is 0 Å². The average Bonchev–Trinajstić information content (AvgIpc) is 3.38. The fraction of sp³-hybridized carbons (Fsp3) is 0.286. The van der Waals surface area contributed by atoms with Crippen LogP contribution in [0.15, 0.2) is 46.4 Å². The van der Waals surface area contributed by atoms with Crippen LogP contribution in [0.1, 0.15) is 35.9 Å². The van der Waals surface area contributed by atoms with Crippen molar-refractivity contribution < 1.29 is 18.7 Å². The van der Waals surface area contributed by atoms with Crippen LogP contribution in [-0.2, 0) is 9.53 Å². The zero-order valence-corrected chi connectivity index (χ0v) is 15.1. The fourth-order valence-electron chi connectivity index (χ4n) is 2.95. The SMILES string of the molecule is CCOC(=O)c1ccc(-c2ccc(/C=C(\C#N)C(=O)N3CCCC3)o2)cc1. The molecule has 2 heterocycles. The number of amides is 1. The summed E-state index contributed by atoms with van der Waals surface area (Å²) < 4.78 is 10.7. The molecular weight excluding hydrogens is 344 g/mol. The third-order valence-electron chi connectivity index (χ3n) is 4.34. The number of carbonyl (C=O) groups is 2. The molecule has 1 aromatic heterocycles. The van der Waals surface area contributed by atoms with Gasteiger partial charge in [-0.1, -0.05) is 12.1 Å². The largest absolute Gasteiger partial charge is 0.462 e. The molecule has 0 spiro atoms. The van der Waals surface area contributed by atoms with Crippen molar-refractivity contribution in [1.29, 1.82) is 5.26 Å². The van der Waals surface area contributed by atoms with Crippen LogP contribution in [-0.4, -0.2) is 36.5 Å². The van der Waals surface area contributed by atoms with E-state index in [1.807, 2.05) is 6.07 Å². The number of likely N-dealkylation sites (tertiary alicyclic amines) is 1. The van der Waals surface area contributed by atoms with Crippen LogP contribution in [0.5, 0.6) is 0 Å². The van der Waals surface area contributed by atoms with Gasteiger partial charge in [-0.25, -0.2) is 4.79 Å². The second-order valence-corrected chi connectivity index (χ2v) is 6.17. The number of ether oxygens (including phenoxy) is 1. The number of carbonyl (C=O) groups excluding carboxylic acids is 2. The van der Waals surface area contributed by atoms with Crippen molar-refractivity contribution in [3.63, 3.8) is 0 Å². The van der Waals surface area contributed by atoms with E-state index in [4.69, 9.17) is 9.15 Å². The Labute approximate surface area is 157 Å². The fourth-order valence-corrected chi connectivity index (χ4v) is 2.95. The molecule has 1 saturated heterocycles. The summed E-state index contributed by atoms with van der Waals surface area (Å²) in [5, 5.41) is 9.32. The third kappa shape index (κ3) is 4.26. The predicted octanol–water partition coefficient (Wildman–Crippen LogP) is 3.65. The summed E-state index contributed by atoms with van der Waals surface area (Å²) in [7, 11) is 0. The first-order chi connectivity index (χ1) is 13.1. The van der Waals surface area contributed by atoms with Crippen LogP contribution in [0.2, 0.25) is 0 Å². The first-order valence-corrected chi connectivity index (χ1v) is 8.91. The predicted molar refractivity (Wildman–Crippen MR) is 99.5 cm³/mol. The van der Waals surface area contributed by atoms with Crippen LogP contribution in [0, 0.1) is 11.3 Å². The minimum absolute atomic E-state index is 0.0652. The summed E-state index contributed by atoms with van der Waals surface area (Å²) in [6.45, 7) is 3.46. The van der Waals surface area contributed by atoms with E-state index in [0.717, 1.165) is 18.4 Å². The highest BCUT2D eigenvalue weighted by molar-refractivity contribution is 6.01. The molecule has 6 nitrogen and oxygen atoms in total. The molecular formula is C21H20N2O4. The van der Waals surface area contributed by atoms with Crippen LogP contribution in [0.25, 0.3) is 17.4 Å². The van der Waals surface area contributed by atoms with Gasteiger partial charge in [0, 0.05) is 24.7 Å². The van der Waals surface area contributed by atoms with Crippen LogP contribution in [0.4, 0.5) is 0 Å². The maximum atomic E-state index is 12.4. The van der Waals surface area contributed by atoms with Gasteiger partial charge in [-0.05, 0) is 44.0 Å². The standard InChI is InChI=1S/C21H20N2O4/c1-2-26-21(25)16-7-5-15(6-8-16)19-10-9-18(27-19)13-17(14-22)20(24)23-11-3-4-12-23/h5-10,13H,2-4,11-12H2,1H3/b17-13+. The van der Waals surface area contributed by atoms with Gasteiger partial charge < -0.3 is 14.1 Å². The van der Waals surface area contributed by atoms with Crippen molar-refractivity contribution in [3.8, 4) is 17.4 Å². The molecule has 0 N–H and O–H groups in total. The topological polar surface area (TPSA) is 83.5 Å². The Balaban J connectivity index is 1.76. The van der Waals surface area contributed by atoms with Gasteiger partial charge in [0.2, 0.25) is 0 Å². The normalized spacial score (nSPS) is 14.1. The molecule has 1 aromatic carbocycles. The van der Waals surface area contributed by atoms with E-state index in [0.29, 0.717) is 36.8 Å². The summed E-state index contributed by atoms with van der Waals surface area (Å²) in [6, 6.07) is 12.3. The van der Waals surface area contributed by atoms with Crippen molar-refractivity contribution in [3.05, 3.63) is 53.3 Å². The van der Waals surface area contributed by atoms with Crippen molar-refractivity contribution in [2.24, 2.45) is 0 Å². The van der Waals surface area contributed by atoms with Crippen LogP contribution >= 0.6 is 0 Å². The van der Waals surface area contributed by atoms with Gasteiger partial charge in [-0.2, -0.15) is 5.26 Å². The van der Waals surface area contributed by atoms with Gasteiger partial charge in [-0.3, -0.25) is 4.79 Å². The maximum Gasteiger partial charge on any atom is 0.338 e. The van der Waals surface area contributed by atoms with Gasteiger partial charge in [-0.15, -0.1) is 0 Å². The smallest absolute Gasteiger partial charge is 0.338 e. The van der Waals surface area contributed by atoms with Crippen molar-refractivity contribution >= 4 is 18.0 Å². The highest BCUT2D eigenvalue weighted by atomic mass is 16.5. The molecule has 0 aliphatic carbocycles. The van der Waals surface area contributed by atoms with E-state index in [2.05, 4.69) is 0 Å². The average molecular weight is 364 g/mol. The van der Waals surface area contributed by atoms with Crippen molar-refractivity contribution in [2.45, 2.75) is 19.8 Å². The number of furan rings is 1. The van der Waals surface area contributed by atoms with Gasteiger partial charge in [0.25, 0.3) is 5.91 Å². The third-order valence-corrected chi connectivity index (χ3v) is 4.34. The van der Waals surface area contributed by atoms with Crippen LogP contribution in [0.3, 0.4) is 0 Å². The molecule has 138 valence electrons. The van der Waals surface area contributed by atoms with E-state index in [1.54, 1.807) is 48.2 Å². The Bertz CT molecular complexity index is 897. The number of hydrogen-bond acceptors (Lipinski definition) is 5. The number of nitriles is 1. The Morgan fingerprint density at radius 1 is 1.19 bits per heavy atom. The summed E-state index contributed by atoms with van der Waals surface area (Å²) in [4.78, 5) is 25.8. The number of hydrogen-bond donors (Lipinski definition) is 0. The maximum absolute atomic E-state index is 12.4. The first-order valence-electron chi connectivity index (χ1n) is 8.91. The molecule has 1 aliphatic rings. The molecule has 1 fully saturated rings. The Kier molecular flexibility index (Phi) is 5.72. The minimum Gasteiger partial charge on any atom is -0.462 e. The zero-order valence-electron chi connectivity index (χ0n) is 15.1. The summed E-state index contributed by atoms with van der Waals surface area (Å²) in [5.41, 5.74) is 1.32. The van der Waals surface area contributed by atoms with E-state index in [-0.39, 0.29) is 17.4 Å². The lowest BCUT2D eigenvalue weighted by atomic mass is 10.1. The first kappa shape index (κ1) is 18.5. The molecule has 0 atom stereocenters. The molecule has 27 heavy (non-hydrogen) atoms. The molecule has 0 unspecified atom stereocenters. The second-order valence-electron chi connectivity index (χ2n) is 6.17. The lowest BCUT2D eigenvalue weighted by Crippen LogP contribution is -2.28. The second kappa shape index (κ2) is 8.37. The van der Waals surface area contributed by atoms with Gasteiger partial charge in [0.15, 0.2) is 0 Å². The van der Waals surface area contributed by atoms with E-state index in [1.165, 1.54) is 6.08 Å². The number of rotatable bonds is 5. The molecule has 0 radical (unpaired) electrons. The Morgan fingerprint density at radius 2 is 1.89 bits per heavy atom. The lowest BCUT2D eigenvalue weighted by molar-refractivity contribution is -0.125. The summed E-state index contributed by atoms with van der Waals surface area (Å²) in [5.74, 6) is 0.393. The summed E-state index contributed by atoms with van der Waals surface area (Å²) in [6.07, 6.45) is 3.41. The zero-order chi connectivity index (χ0) is 19.2. The van der Waals surface area contributed by atoms with Gasteiger partial charge >= 0.3 is 5.97 Å². The van der Waals surface area contributed by atoms with Crippen molar-refractivity contribution in [2.75, 3.05) is 19.7 Å². The lowest BCUT2D eigenvalue weighted by Gasteiger charge is -2.13. The molecule has 1 aliphatic heterocycles. The van der Waals surface area contributed by atoms with E-state index in [9.17, 15) is 14.9 Å². The molecule has 2 aromatic rings. The minimum atomic E-state index is -0.369. The number of esters is 1. The van der Waals surface area contributed by atoms with E-state index < -0.39 is 0 Å². The van der Waals surface area contributed by atoms with Gasteiger partial charge in [0.1, 0.15) is 23.2 Å². The molecule has 0 saturated carbocycles. The quantitative estimate of drug-likeness (QED) is 0.459. The molecule has 6 heteroatoms. The number of benzene rings is 1. The Hall–Kier alpha value is -3.33. The van der Waals surface area contributed by atoms with Crippen LogP contribution < -0.4 is 0 Å². The monoisotopic (exact) mass is 364 g/mol. The number of nitrogens with zero attached hydrogens (tertiary/aromatic N) is 2. The summed E-state index contributed by atoms with van der Waals surface area (Å²) >= 11 is 0. The van der Waals surface area contributed by atoms with Gasteiger partial charge in [0.05, 0.1) is 12.2 Å².